The standard InChI is InChI=1S/C14H21NO2/c1-10(16)9-15-13-5-3-11-4-6-14(17-2)8-12(11)7-13/h4,6,8,10,13,15-16H,3,5,7,9H2,1-2H3. The zero-order chi connectivity index (χ0) is 12.3. The molecule has 2 rings (SSSR count). The molecule has 0 spiro atoms. The highest BCUT2D eigenvalue weighted by Crippen LogP contribution is 2.25. The van der Waals surface area contributed by atoms with Crippen molar-refractivity contribution < 1.29 is 9.84 Å². The number of methoxy groups -OCH3 is 1. The number of benzene rings is 1. The maximum absolute atomic E-state index is 9.28. The Balaban J connectivity index is 2.01. The highest BCUT2D eigenvalue weighted by molar-refractivity contribution is 5.37. The normalized spacial score (nSPS) is 20.8. The van der Waals surface area contributed by atoms with Crippen molar-refractivity contribution in [3.8, 4) is 5.75 Å². The van der Waals surface area contributed by atoms with Crippen LogP contribution >= 0.6 is 0 Å². The van der Waals surface area contributed by atoms with Gasteiger partial charge >= 0.3 is 0 Å². The Morgan fingerprint density at radius 2 is 2.29 bits per heavy atom. The van der Waals surface area contributed by atoms with Gasteiger partial charge in [-0.05, 0) is 49.4 Å². The Morgan fingerprint density at radius 1 is 1.47 bits per heavy atom. The first kappa shape index (κ1) is 12.4. The molecule has 1 aliphatic carbocycles. The van der Waals surface area contributed by atoms with Gasteiger partial charge in [0.2, 0.25) is 0 Å². The Hall–Kier alpha value is -1.06. The van der Waals surface area contributed by atoms with Crippen LogP contribution in [0.3, 0.4) is 0 Å². The highest BCUT2D eigenvalue weighted by atomic mass is 16.5. The van der Waals surface area contributed by atoms with Gasteiger partial charge < -0.3 is 15.2 Å². The topological polar surface area (TPSA) is 41.5 Å². The summed E-state index contributed by atoms with van der Waals surface area (Å²) in [6.07, 6.45) is 3.00. The minimum absolute atomic E-state index is 0.276. The van der Waals surface area contributed by atoms with Gasteiger partial charge in [0.05, 0.1) is 13.2 Å². The molecule has 0 fully saturated rings. The maximum Gasteiger partial charge on any atom is 0.119 e. The van der Waals surface area contributed by atoms with E-state index in [1.807, 2.05) is 13.0 Å². The minimum Gasteiger partial charge on any atom is -0.497 e. The number of aliphatic hydroxyl groups excluding tert-OH is 1. The molecule has 0 saturated heterocycles. The number of fused-ring (bicyclic) bond motifs is 1. The molecule has 2 atom stereocenters. The number of nitrogens with one attached hydrogen (secondary N) is 1. The summed E-state index contributed by atoms with van der Waals surface area (Å²) in [5, 5.41) is 12.7. The number of ether oxygens (including phenoxy) is 1. The van der Waals surface area contributed by atoms with Crippen molar-refractivity contribution in [1.29, 1.82) is 0 Å². The van der Waals surface area contributed by atoms with Crippen LogP contribution in [0, 0.1) is 0 Å². The molecule has 2 N–H and O–H groups in total. The molecule has 3 nitrogen and oxygen atoms in total. The third-order valence-electron chi connectivity index (χ3n) is 3.34. The summed E-state index contributed by atoms with van der Waals surface area (Å²) in [6.45, 7) is 2.48. The molecule has 1 aliphatic rings. The van der Waals surface area contributed by atoms with Crippen molar-refractivity contribution in [3.05, 3.63) is 29.3 Å². The third-order valence-corrected chi connectivity index (χ3v) is 3.34. The van der Waals surface area contributed by atoms with Crippen molar-refractivity contribution in [2.24, 2.45) is 0 Å². The summed E-state index contributed by atoms with van der Waals surface area (Å²) in [4.78, 5) is 0. The molecule has 0 saturated carbocycles. The molecule has 94 valence electrons. The van der Waals surface area contributed by atoms with Crippen LogP contribution in [-0.2, 0) is 12.8 Å². The van der Waals surface area contributed by atoms with Gasteiger partial charge in [-0.25, -0.2) is 0 Å². The van der Waals surface area contributed by atoms with Crippen LogP contribution in [0.1, 0.15) is 24.5 Å². The van der Waals surface area contributed by atoms with E-state index in [1.54, 1.807) is 7.11 Å². The lowest BCUT2D eigenvalue weighted by molar-refractivity contribution is 0.184. The zero-order valence-corrected chi connectivity index (χ0v) is 10.6. The fraction of sp³-hybridized carbons (Fsp3) is 0.571. The summed E-state index contributed by atoms with van der Waals surface area (Å²) in [7, 11) is 1.70. The first-order valence-corrected chi connectivity index (χ1v) is 6.26. The van der Waals surface area contributed by atoms with E-state index in [-0.39, 0.29) is 6.10 Å². The molecular formula is C14H21NO2. The van der Waals surface area contributed by atoms with E-state index in [1.165, 1.54) is 11.1 Å². The molecule has 3 heteroatoms. The lowest BCUT2D eigenvalue weighted by Gasteiger charge is -2.26. The van der Waals surface area contributed by atoms with Crippen LogP contribution in [0.15, 0.2) is 18.2 Å². The van der Waals surface area contributed by atoms with Crippen molar-refractivity contribution in [3.63, 3.8) is 0 Å². The Morgan fingerprint density at radius 3 is 3.00 bits per heavy atom. The lowest BCUT2D eigenvalue weighted by Crippen LogP contribution is -2.38. The average Bonchev–Trinajstić information content (AvgIpc) is 2.35. The fourth-order valence-corrected chi connectivity index (χ4v) is 2.37. The lowest BCUT2D eigenvalue weighted by atomic mass is 9.88. The predicted molar refractivity (Wildman–Crippen MR) is 68.5 cm³/mol. The number of aryl methyl sites for hydroxylation is 1. The summed E-state index contributed by atoms with van der Waals surface area (Å²) < 4.78 is 5.25. The van der Waals surface area contributed by atoms with Gasteiger partial charge in [-0.15, -0.1) is 0 Å². The van der Waals surface area contributed by atoms with Crippen molar-refractivity contribution >= 4 is 0 Å². The largest absolute Gasteiger partial charge is 0.497 e. The van der Waals surface area contributed by atoms with Crippen molar-refractivity contribution in [2.45, 2.75) is 38.3 Å². The molecule has 17 heavy (non-hydrogen) atoms. The summed E-state index contributed by atoms with van der Waals surface area (Å²) >= 11 is 0. The molecule has 0 amide bonds. The summed E-state index contributed by atoms with van der Waals surface area (Å²) in [5.74, 6) is 0.930. The Kier molecular flexibility index (Phi) is 4.02. The quantitative estimate of drug-likeness (QED) is 0.831. The second-order valence-corrected chi connectivity index (χ2v) is 4.83. The SMILES string of the molecule is COc1ccc2c(c1)CC(NCC(C)O)CC2. The first-order valence-electron chi connectivity index (χ1n) is 6.26. The smallest absolute Gasteiger partial charge is 0.119 e. The van der Waals surface area contributed by atoms with Crippen LogP contribution in [0.2, 0.25) is 0 Å². The maximum atomic E-state index is 9.28. The van der Waals surface area contributed by atoms with E-state index in [9.17, 15) is 5.11 Å². The molecule has 0 aromatic heterocycles. The van der Waals surface area contributed by atoms with Gasteiger partial charge in [-0.2, -0.15) is 0 Å². The van der Waals surface area contributed by atoms with E-state index in [2.05, 4.69) is 17.4 Å². The minimum atomic E-state index is -0.276. The average molecular weight is 235 g/mol. The van der Waals surface area contributed by atoms with Gasteiger partial charge in [0.15, 0.2) is 0 Å². The van der Waals surface area contributed by atoms with Gasteiger partial charge in [0, 0.05) is 12.6 Å². The molecule has 2 unspecified atom stereocenters. The molecule has 0 aliphatic heterocycles. The molecule has 0 heterocycles. The van der Waals surface area contributed by atoms with Gasteiger partial charge in [0.25, 0.3) is 0 Å². The molecule has 0 radical (unpaired) electrons. The van der Waals surface area contributed by atoms with E-state index in [0.29, 0.717) is 12.6 Å². The summed E-state index contributed by atoms with van der Waals surface area (Å²) in [5.41, 5.74) is 2.81. The zero-order valence-electron chi connectivity index (χ0n) is 10.6. The number of hydrogen-bond donors (Lipinski definition) is 2. The van der Waals surface area contributed by atoms with Crippen LogP contribution in [-0.4, -0.2) is 30.9 Å². The van der Waals surface area contributed by atoms with Crippen molar-refractivity contribution in [1.82, 2.24) is 5.32 Å². The number of aliphatic hydroxyl groups is 1. The highest BCUT2D eigenvalue weighted by Gasteiger charge is 2.18. The second-order valence-electron chi connectivity index (χ2n) is 4.83. The van der Waals surface area contributed by atoms with Gasteiger partial charge in [-0.3, -0.25) is 0 Å². The monoisotopic (exact) mass is 235 g/mol. The Labute approximate surface area is 103 Å². The van der Waals surface area contributed by atoms with Crippen molar-refractivity contribution in [2.75, 3.05) is 13.7 Å². The van der Waals surface area contributed by atoms with Crippen LogP contribution in [0.4, 0.5) is 0 Å². The first-order chi connectivity index (χ1) is 8.19. The van der Waals surface area contributed by atoms with E-state index < -0.39 is 0 Å². The third kappa shape index (κ3) is 3.20. The Bertz CT molecular complexity index is 376. The molecular weight excluding hydrogens is 214 g/mol. The molecule has 0 bridgehead atoms. The predicted octanol–water partition coefficient (Wildman–Crippen LogP) is 1.52. The summed E-state index contributed by atoms with van der Waals surface area (Å²) in [6, 6.07) is 6.80. The van der Waals surface area contributed by atoms with E-state index >= 15 is 0 Å². The van der Waals surface area contributed by atoms with E-state index in [0.717, 1.165) is 25.0 Å². The second kappa shape index (κ2) is 5.52. The number of rotatable bonds is 4. The van der Waals surface area contributed by atoms with Gasteiger partial charge in [-0.1, -0.05) is 6.07 Å². The van der Waals surface area contributed by atoms with Crippen LogP contribution in [0.5, 0.6) is 5.75 Å². The van der Waals surface area contributed by atoms with Crippen LogP contribution in [0.25, 0.3) is 0 Å². The van der Waals surface area contributed by atoms with E-state index in [4.69, 9.17) is 4.74 Å². The molecule has 1 aromatic rings. The molecule has 1 aromatic carbocycles. The fourth-order valence-electron chi connectivity index (χ4n) is 2.37. The number of hydrogen-bond acceptors (Lipinski definition) is 3. The van der Waals surface area contributed by atoms with Crippen LogP contribution < -0.4 is 10.1 Å². The van der Waals surface area contributed by atoms with Gasteiger partial charge in [0.1, 0.15) is 5.75 Å².